The summed E-state index contributed by atoms with van der Waals surface area (Å²) in [6.45, 7) is 1.58. The number of carbonyl (C=O) groups excluding carboxylic acids is 1. The summed E-state index contributed by atoms with van der Waals surface area (Å²) in [6.07, 6.45) is 1.04. The predicted octanol–water partition coefficient (Wildman–Crippen LogP) is 0.201. The molecule has 0 aliphatic heterocycles. The summed E-state index contributed by atoms with van der Waals surface area (Å²) in [5, 5.41) is 17.0. The maximum absolute atomic E-state index is 12.8. The third-order valence-electron chi connectivity index (χ3n) is 4.59. The Morgan fingerprint density at radius 3 is 2.88 bits per heavy atom. The molecule has 10 heteroatoms. The van der Waals surface area contributed by atoms with Crippen LogP contribution in [0.5, 0.6) is 0 Å². The highest BCUT2D eigenvalue weighted by Crippen LogP contribution is 2.31. The van der Waals surface area contributed by atoms with E-state index >= 15 is 0 Å². The van der Waals surface area contributed by atoms with Gasteiger partial charge in [0.2, 0.25) is 11.9 Å². The van der Waals surface area contributed by atoms with Crippen LogP contribution in [0, 0.1) is 0 Å². The van der Waals surface area contributed by atoms with Crippen molar-refractivity contribution >= 4 is 39.1 Å². The summed E-state index contributed by atoms with van der Waals surface area (Å²) in [5.74, 6) is 0.237. The van der Waals surface area contributed by atoms with Crippen molar-refractivity contribution in [1.29, 1.82) is 0 Å². The zero-order valence-corrected chi connectivity index (χ0v) is 15.6. The van der Waals surface area contributed by atoms with Crippen molar-refractivity contribution in [2.45, 2.75) is 38.0 Å². The van der Waals surface area contributed by atoms with Gasteiger partial charge in [0.05, 0.1) is 15.8 Å². The molecule has 26 heavy (non-hydrogen) atoms. The van der Waals surface area contributed by atoms with E-state index in [9.17, 15) is 14.7 Å². The van der Waals surface area contributed by atoms with Crippen LogP contribution in [-0.4, -0.2) is 55.9 Å². The van der Waals surface area contributed by atoms with E-state index in [1.807, 2.05) is 14.1 Å². The Bertz CT molecular complexity index is 1060. The van der Waals surface area contributed by atoms with E-state index in [1.165, 1.54) is 16.0 Å². The van der Waals surface area contributed by atoms with E-state index in [0.717, 1.165) is 4.70 Å². The van der Waals surface area contributed by atoms with Crippen molar-refractivity contribution in [2.24, 2.45) is 0 Å². The minimum absolute atomic E-state index is 0.0620. The van der Waals surface area contributed by atoms with E-state index in [0.29, 0.717) is 30.0 Å². The molecule has 0 bridgehead atoms. The highest BCUT2D eigenvalue weighted by Gasteiger charge is 2.39. The Hall–Kier alpha value is -2.46. The fraction of sp³-hybridized carbons (Fsp3) is 0.500. The number of hydrogen-bond acceptors (Lipinski definition) is 7. The lowest BCUT2D eigenvalue weighted by Crippen LogP contribution is -2.54. The maximum Gasteiger partial charge on any atom is 0.291 e. The largest absolute Gasteiger partial charge is 0.390 e. The number of nitrogens with one attached hydrogen (secondary N) is 1. The molecule has 1 fully saturated rings. The van der Waals surface area contributed by atoms with Crippen molar-refractivity contribution in [3.8, 4) is 0 Å². The average Bonchev–Trinajstić information content (AvgIpc) is 3.09. The van der Waals surface area contributed by atoms with Crippen LogP contribution >= 0.6 is 11.3 Å². The Morgan fingerprint density at radius 2 is 2.23 bits per heavy atom. The van der Waals surface area contributed by atoms with Gasteiger partial charge in [0, 0.05) is 20.1 Å². The van der Waals surface area contributed by atoms with Crippen LogP contribution in [0.4, 0.5) is 5.95 Å². The second-order valence-electron chi connectivity index (χ2n) is 7.23. The Balaban J connectivity index is 1.68. The fourth-order valence-electron chi connectivity index (χ4n) is 3.42. The average molecular weight is 376 g/mol. The number of aliphatic hydroxyl groups is 1. The third kappa shape index (κ3) is 2.74. The molecule has 0 aromatic carbocycles. The molecule has 2 N–H and O–H groups in total. The van der Waals surface area contributed by atoms with Gasteiger partial charge in [0.1, 0.15) is 12.1 Å². The van der Waals surface area contributed by atoms with Gasteiger partial charge >= 0.3 is 0 Å². The number of nitrogens with zero attached hydrogens (tertiary/aromatic N) is 5. The molecule has 1 saturated carbocycles. The SMILES string of the molecule is CN(C)c1nn(CC(=O)NC2CC(C)(O)C2)c(=O)c2cc3scnc3n12. The van der Waals surface area contributed by atoms with Crippen LogP contribution in [0.1, 0.15) is 19.8 Å². The maximum atomic E-state index is 12.8. The third-order valence-corrected chi connectivity index (χ3v) is 5.36. The Morgan fingerprint density at radius 1 is 1.50 bits per heavy atom. The normalized spacial score (nSPS) is 22.5. The molecule has 3 aromatic rings. The molecule has 0 saturated heterocycles. The summed E-state index contributed by atoms with van der Waals surface area (Å²) in [6, 6.07) is 1.72. The minimum atomic E-state index is -0.714. The number of aromatic nitrogens is 4. The first kappa shape index (κ1) is 17.0. The molecular weight excluding hydrogens is 356 g/mol. The number of thiazole rings is 1. The van der Waals surface area contributed by atoms with Crippen LogP contribution in [0.2, 0.25) is 0 Å². The van der Waals surface area contributed by atoms with E-state index < -0.39 is 5.60 Å². The lowest BCUT2D eigenvalue weighted by Gasteiger charge is -2.41. The summed E-state index contributed by atoms with van der Waals surface area (Å²) in [5.41, 5.74) is 1.80. The van der Waals surface area contributed by atoms with Crippen molar-refractivity contribution in [3.05, 3.63) is 21.9 Å². The minimum Gasteiger partial charge on any atom is -0.390 e. The molecule has 9 nitrogen and oxygen atoms in total. The van der Waals surface area contributed by atoms with E-state index in [-0.39, 0.29) is 24.1 Å². The Labute approximate surface area is 152 Å². The quantitative estimate of drug-likeness (QED) is 0.674. The lowest BCUT2D eigenvalue weighted by molar-refractivity contribution is -0.125. The van der Waals surface area contributed by atoms with Gasteiger partial charge < -0.3 is 15.3 Å². The monoisotopic (exact) mass is 376 g/mol. The molecule has 0 radical (unpaired) electrons. The van der Waals surface area contributed by atoms with Gasteiger partial charge in [-0.2, -0.15) is 0 Å². The Kier molecular flexibility index (Phi) is 3.77. The van der Waals surface area contributed by atoms with E-state index in [4.69, 9.17) is 0 Å². The molecule has 1 aliphatic rings. The first-order valence-corrected chi connectivity index (χ1v) is 9.18. The zero-order valence-electron chi connectivity index (χ0n) is 14.8. The number of rotatable bonds is 4. The molecule has 138 valence electrons. The van der Waals surface area contributed by atoms with Crippen molar-refractivity contribution in [1.82, 2.24) is 24.5 Å². The summed E-state index contributed by atoms with van der Waals surface area (Å²) in [7, 11) is 3.65. The fourth-order valence-corrected chi connectivity index (χ4v) is 4.11. The molecule has 0 atom stereocenters. The summed E-state index contributed by atoms with van der Waals surface area (Å²) in [4.78, 5) is 31.2. The van der Waals surface area contributed by atoms with Crippen molar-refractivity contribution in [2.75, 3.05) is 19.0 Å². The van der Waals surface area contributed by atoms with E-state index in [1.54, 1.807) is 27.8 Å². The predicted molar refractivity (Wildman–Crippen MR) is 98.7 cm³/mol. The number of carbonyl (C=O) groups is 1. The first-order valence-electron chi connectivity index (χ1n) is 8.30. The molecule has 1 aliphatic carbocycles. The molecule has 4 rings (SSSR count). The number of hydrogen-bond donors (Lipinski definition) is 2. The molecule has 3 aromatic heterocycles. The van der Waals surface area contributed by atoms with Crippen LogP contribution in [-0.2, 0) is 11.3 Å². The molecule has 3 heterocycles. The highest BCUT2D eigenvalue weighted by molar-refractivity contribution is 7.16. The van der Waals surface area contributed by atoms with E-state index in [2.05, 4.69) is 15.4 Å². The molecular formula is C16H20N6O3S. The van der Waals surface area contributed by atoms with Crippen LogP contribution in [0.3, 0.4) is 0 Å². The van der Waals surface area contributed by atoms with Crippen LogP contribution in [0.15, 0.2) is 16.4 Å². The lowest BCUT2D eigenvalue weighted by atomic mass is 9.77. The number of fused-ring (bicyclic) bond motifs is 3. The highest BCUT2D eigenvalue weighted by atomic mass is 32.1. The van der Waals surface area contributed by atoms with Gasteiger partial charge in [-0.05, 0) is 25.8 Å². The van der Waals surface area contributed by atoms with Gasteiger partial charge in [-0.3, -0.25) is 14.0 Å². The van der Waals surface area contributed by atoms with Crippen LogP contribution in [0.25, 0.3) is 15.9 Å². The summed E-state index contributed by atoms with van der Waals surface area (Å²) >= 11 is 1.45. The van der Waals surface area contributed by atoms with Crippen molar-refractivity contribution < 1.29 is 9.90 Å². The second-order valence-corrected chi connectivity index (χ2v) is 8.12. The topological polar surface area (TPSA) is 105 Å². The zero-order chi connectivity index (χ0) is 18.6. The first-order chi connectivity index (χ1) is 12.2. The van der Waals surface area contributed by atoms with Crippen LogP contribution < -0.4 is 15.8 Å². The molecule has 0 unspecified atom stereocenters. The van der Waals surface area contributed by atoms with Gasteiger partial charge in [0.15, 0.2) is 5.65 Å². The van der Waals surface area contributed by atoms with Gasteiger partial charge in [-0.25, -0.2) is 9.67 Å². The number of anilines is 1. The smallest absolute Gasteiger partial charge is 0.291 e. The number of amides is 1. The van der Waals surface area contributed by atoms with Gasteiger partial charge in [-0.1, -0.05) is 0 Å². The van der Waals surface area contributed by atoms with Crippen molar-refractivity contribution in [3.63, 3.8) is 0 Å². The van der Waals surface area contributed by atoms with Gasteiger partial charge in [-0.15, -0.1) is 16.4 Å². The molecule has 0 spiro atoms. The van der Waals surface area contributed by atoms with Gasteiger partial charge in [0.25, 0.3) is 5.56 Å². The second kappa shape index (κ2) is 5.78. The summed E-state index contributed by atoms with van der Waals surface area (Å²) < 4.78 is 3.79. The molecule has 1 amide bonds. The standard InChI is InChI=1S/C16H20N6O3S/c1-16(25)5-9(6-16)18-12(23)7-21-14(24)10-4-11-13(17-8-26-11)22(10)15(19-21)20(2)3/h4,8-9,25H,5-7H2,1-3H3,(H,18,23).